The summed E-state index contributed by atoms with van der Waals surface area (Å²) in [5.41, 5.74) is 4.05. The Morgan fingerprint density at radius 3 is 2.36 bits per heavy atom. The van der Waals surface area contributed by atoms with Crippen molar-refractivity contribution in [3.8, 4) is 0 Å². The number of benzene rings is 1. The smallest absolute Gasteiger partial charge is 0.0608 e. The van der Waals surface area contributed by atoms with Gasteiger partial charge in [0, 0.05) is 5.41 Å². The lowest BCUT2D eigenvalue weighted by Crippen LogP contribution is -2.23. The fourth-order valence-corrected chi connectivity index (χ4v) is 2.42. The maximum Gasteiger partial charge on any atom is 0.0608 e. The lowest BCUT2D eigenvalue weighted by atomic mass is 9.87. The third-order valence-corrected chi connectivity index (χ3v) is 3.51. The molecule has 0 bridgehead atoms. The highest BCUT2D eigenvalue weighted by Crippen LogP contribution is 2.51. The van der Waals surface area contributed by atoms with E-state index in [1.807, 2.05) is 6.92 Å². The van der Waals surface area contributed by atoms with Crippen LogP contribution >= 0.6 is 0 Å². The summed E-state index contributed by atoms with van der Waals surface area (Å²) in [5.74, 6) is 0. The number of aryl methyl sites for hydroxylation is 2. The zero-order valence-corrected chi connectivity index (χ0v) is 9.17. The normalized spacial score (nSPS) is 20.6. The second-order valence-corrected chi connectivity index (χ2v) is 4.65. The Kier molecular flexibility index (Phi) is 2.15. The van der Waals surface area contributed by atoms with Gasteiger partial charge in [0.25, 0.3) is 0 Å². The average molecular weight is 190 g/mol. The van der Waals surface area contributed by atoms with Crippen LogP contribution in [0.25, 0.3) is 0 Å². The molecule has 1 unspecified atom stereocenters. The van der Waals surface area contributed by atoms with E-state index in [1.54, 1.807) is 0 Å². The van der Waals surface area contributed by atoms with Crippen LogP contribution in [0.1, 0.15) is 36.5 Å². The highest BCUT2D eigenvalue weighted by Gasteiger charge is 2.48. The Hall–Kier alpha value is -0.820. The maximum absolute atomic E-state index is 9.79. The summed E-state index contributed by atoms with van der Waals surface area (Å²) in [4.78, 5) is 0. The predicted molar refractivity (Wildman–Crippen MR) is 58.5 cm³/mol. The molecule has 1 atom stereocenters. The van der Waals surface area contributed by atoms with Crippen LogP contribution < -0.4 is 0 Å². The van der Waals surface area contributed by atoms with Crippen LogP contribution in [0.5, 0.6) is 0 Å². The van der Waals surface area contributed by atoms with E-state index in [0.717, 1.165) is 12.8 Å². The first kappa shape index (κ1) is 9.72. The molecule has 1 N–H and O–H groups in total. The van der Waals surface area contributed by atoms with Crippen LogP contribution in [0.3, 0.4) is 0 Å². The van der Waals surface area contributed by atoms with E-state index < -0.39 is 0 Å². The molecule has 0 aliphatic heterocycles. The molecule has 1 nitrogen and oxygen atoms in total. The Labute approximate surface area is 85.8 Å². The lowest BCUT2D eigenvalue weighted by molar-refractivity contribution is 0.150. The van der Waals surface area contributed by atoms with Crippen LogP contribution in [0.4, 0.5) is 0 Å². The standard InChI is InChI=1S/C13H18O/c1-9-4-5-12(10(2)8-9)13(6-7-13)11(3)14/h4-5,8,11,14H,6-7H2,1-3H3. The van der Waals surface area contributed by atoms with E-state index in [1.165, 1.54) is 16.7 Å². The Morgan fingerprint density at radius 2 is 1.93 bits per heavy atom. The Balaban J connectivity index is 2.42. The summed E-state index contributed by atoms with van der Waals surface area (Å²) in [6, 6.07) is 6.53. The van der Waals surface area contributed by atoms with E-state index in [0.29, 0.717) is 0 Å². The highest BCUT2D eigenvalue weighted by atomic mass is 16.3. The molecular formula is C13H18O. The molecule has 0 heterocycles. The van der Waals surface area contributed by atoms with Crippen molar-refractivity contribution < 1.29 is 5.11 Å². The molecule has 1 aromatic rings. The van der Waals surface area contributed by atoms with Crippen molar-refractivity contribution in [3.63, 3.8) is 0 Å². The fraction of sp³-hybridized carbons (Fsp3) is 0.538. The van der Waals surface area contributed by atoms with Gasteiger partial charge in [0.2, 0.25) is 0 Å². The third-order valence-electron chi connectivity index (χ3n) is 3.51. The zero-order valence-electron chi connectivity index (χ0n) is 9.17. The summed E-state index contributed by atoms with van der Waals surface area (Å²) >= 11 is 0. The first-order valence-electron chi connectivity index (χ1n) is 5.32. The predicted octanol–water partition coefficient (Wildman–Crippen LogP) is 2.72. The number of hydrogen-bond donors (Lipinski definition) is 1. The van der Waals surface area contributed by atoms with Crippen LogP contribution in [0, 0.1) is 13.8 Å². The molecule has 0 spiro atoms. The number of aliphatic hydroxyl groups is 1. The molecule has 0 saturated heterocycles. The molecule has 1 aliphatic carbocycles. The van der Waals surface area contributed by atoms with Gasteiger partial charge >= 0.3 is 0 Å². The minimum atomic E-state index is -0.219. The number of aliphatic hydroxyl groups excluding tert-OH is 1. The molecule has 2 rings (SSSR count). The summed E-state index contributed by atoms with van der Waals surface area (Å²) in [6.07, 6.45) is 2.05. The first-order chi connectivity index (χ1) is 6.56. The summed E-state index contributed by atoms with van der Waals surface area (Å²) in [7, 11) is 0. The van der Waals surface area contributed by atoms with Gasteiger partial charge in [-0.25, -0.2) is 0 Å². The first-order valence-corrected chi connectivity index (χ1v) is 5.32. The van der Waals surface area contributed by atoms with Gasteiger partial charge in [0.1, 0.15) is 0 Å². The molecule has 14 heavy (non-hydrogen) atoms. The second kappa shape index (κ2) is 3.09. The van der Waals surface area contributed by atoms with E-state index >= 15 is 0 Å². The van der Waals surface area contributed by atoms with Crippen molar-refractivity contribution in [2.75, 3.05) is 0 Å². The molecule has 0 aromatic heterocycles. The summed E-state index contributed by atoms with van der Waals surface area (Å²) in [6.45, 7) is 6.16. The van der Waals surface area contributed by atoms with Gasteiger partial charge in [-0.05, 0) is 44.7 Å². The molecule has 1 fully saturated rings. The molecule has 1 saturated carbocycles. The van der Waals surface area contributed by atoms with Crippen LogP contribution in [-0.2, 0) is 5.41 Å². The SMILES string of the molecule is Cc1ccc(C2(C(C)O)CC2)c(C)c1. The van der Waals surface area contributed by atoms with Crippen LogP contribution in [0.15, 0.2) is 18.2 Å². The molecular weight excluding hydrogens is 172 g/mol. The van der Waals surface area contributed by atoms with Crippen molar-refractivity contribution in [2.24, 2.45) is 0 Å². The van der Waals surface area contributed by atoms with E-state index in [9.17, 15) is 5.11 Å². The topological polar surface area (TPSA) is 20.2 Å². The van der Waals surface area contributed by atoms with E-state index in [2.05, 4.69) is 32.0 Å². The highest BCUT2D eigenvalue weighted by molar-refractivity contribution is 5.41. The molecule has 76 valence electrons. The Bertz CT molecular complexity index is 348. The van der Waals surface area contributed by atoms with Crippen molar-refractivity contribution in [2.45, 2.75) is 45.1 Å². The monoisotopic (exact) mass is 190 g/mol. The molecule has 0 radical (unpaired) electrons. The van der Waals surface area contributed by atoms with Crippen LogP contribution in [0.2, 0.25) is 0 Å². The maximum atomic E-state index is 9.79. The van der Waals surface area contributed by atoms with E-state index in [-0.39, 0.29) is 11.5 Å². The molecule has 1 aliphatic rings. The number of hydrogen-bond acceptors (Lipinski definition) is 1. The van der Waals surface area contributed by atoms with Gasteiger partial charge in [0.15, 0.2) is 0 Å². The second-order valence-electron chi connectivity index (χ2n) is 4.65. The summed E-state index contributed by atoms with van der Waals surface area (Å²) < 4.78 is 0. The van der Waals surface area contributed by atoms with Crippen molar-refractivity contribution in [1.29, 1.82) is 0 Å². The van der Waals surface area contributed by atoms with Crippen LogP contribution in [-0.4, -0.2) is 11.2 Å². The fourth-order valence-electron chi connectivity index (χ4n) is 2.42. The van der Waals surface area contributed by atoms with Gasteiger partial charge in [-0.1, -0.05) is 23.8 Å². The average Bonchev–Trinajstić information content (AvgIpc) is 2.84. The van der Waals surface area contributed by atoms with Gasteiger partial charge in [-0.15, -0.1) is 0 Å². The van der Waals surface area contributed by atoms with E-state index in [4.69, 9.17) is 0 Å². The zero-order chi connectivity index (χ0) is 10.3. The Morgan fingerprint density at radius 1 is 1.29 bits per heavy atom. The van der Waals surface area contributed by atoms with Crippen molar-refractivity contribution in [3.05, 3.63) is 34.9 Å². The quantitative estimate of drug-likeness (QED) is 0.760. The van der Waals surface area contributed by atoms with Gasteiger partial charge in [0.05, 0.1) is 6.10 Å². The van der Waals surface area contributed by atoms with Crippen molar-refractivity contribution >= 4 is 0 Å². The molecule has 1 heteroatoms. The lowest BCUT2D eigenvalue weighted by Gasteiger charge is -2.21. The van der Waals surface area contributed by atoms with Gasteiger partial charge < -0.3 is 5.11 Å². The van der Waals surface area contributed by atoms with Crippen molar-refractivity contribution in [1.82, 2.24) is 0 Å². The summed E-state index contributed by atoms with van der Waals surface area (Å²) in [5, 5.41) is 9.79. The minimum absolute atomic E-state index is 0.0811. The third kappa shape index (κ3) is 1.36. The molecule has 0 amide bonds. The minimum Gasteiger partial charge on any atom is -0.392 e. The largest absolute Gasteiger partial charge is 0.392 e. The number of rotatable bonds is 2. The van der Waals surface area contributed by atoms with Gasteiger partial charge in [-0.3, -0.25) is 0 Å². The van der Waals surface area contributed by atoms with Gasteiger partial charge in [-0.2, -0.15) is 0 Å². The molecule has 1 aromatic carbocycles.